The molecule has 31 heavy (non-hydrogen) atoms. The summed E-state index contributed by atoms with van der Waals surface area (Å²) in [5.74, 6) is 0.981. The number of halogens is 1. The molecule has 0 radical (unpaired) electrons. The average molecular weight is 456 g/mol. The summed E-state index contributed by atoms with van der Waals surface area (Å²) < 4.78 is 5.53. The topological polar surface area (TPSA) is 80.3 Å². The number of aromatic nitrogens is 1. The maximum atomic E-state index is 13.1. The van der Waals surface area contributed by atoms with Crippen LogP contribution in [0.25, 0.3) is 0 Å². The van der Waals surface area contributed by atoms with Crippen molar-refractivity contribution in [1.29, 1.82) is 0 Å². The van der Waals surface area contributed by atoms with E-state index >= 15 is 0 Å². The molecule has 1 aromatic carbocycles. The molecule has 1 aliphatic rings. The molecule has 0 fully saturated rings. The van der Waals surface area contributed by atoms with E-state index in [1.54, 1.807) is 42.6 Å². The Morgan fingerprint density at radius 1 is 1.19 bits per heavy atom. The molecule has 2 N–H and O–H groups in total. The quantitative estimate of drug-likeness (QED) is 0.536. The number of hydrogen-bond acceptors (Lipinski definition) is 5. The van der Waals surface area contributed by atoms with E-state index in [9.17, 15) is 9.59 Å². The van der Waals surface area contributed by atoms with E-state index in [4.69, 9.17) is 16.3 Å². The number of hydrogen-bond donors (Lipinski definition) is 2. The van der Waals surface area contributed by atoms with Crippen LogP contribution in [-0.4, -0.2) is 23.4 Å². The van der Waals surface area contributed by atoms with E-state index in [0.29, 0.717) is 33.1 Å². The third kappa shape index (κ3) is 5.24. The standard InChI is InChI=1S/C23H22ClN3O3S/c1-14-5-10-17-18(12-14)31-23(21(17)22(29)26-19-4-2-3-11-25-19)27-20(28)13-30-16-8-6-15(24)7-9-16/h2-4,6-9,11,14H,5,10,12-13H2,1H3,(H,27,28)(H,25,26,29)/t14-/m1/s1. The fraction of sp³-hybridized carbons (Fsp3) is 0.261. The first-order valence-corrected chi connectivity index (χ1v) is 11.2. The van der Waals surface area contributed by atoms with Crippen molar-refractivity contribution in [3.05, 3.63) is 69.7 Å². The largest absolute Gasteiger partial charge is 0.484 e. The minimum atomic E-state index is -0.325. The molecule has 2 amide bonds. The minimum absolute atomic E-state index is 0.165. The van der Waals surface area contributed by atoms with Gasteiger partial charge in [0.05, 0.1) is 5.56 Å². The second-order valence-electron chi connectivity index (χ2n) is 7.52. The summed E-state index contributed by atoms with van der Waals surface area (Å²) in [6.07, 6.45) is 4.36. The first-order valence-electron chi connectivity index (χ1n) is 10.0. The predicted molar refractivity (Wildman–Crippen MR) is 123 cm³/mol. The molecule has 2 heterocycles. The number of nitrogens with zero attached hydrogens (tertiary/aromatic N) is 1. The average Bonchev–Trinajstić information content (AvgIpc) is 3.10. The first-order chi connectivity index (χ1) is 15.0. The van der Waals surface area contributed by atoms with Gasteiger partial charge in [0, 0.05) is 16.1 Å². The van der Waals surface area contributed by atoms with Gasteiger partial charge in [0.15, 0.2) is 6.61 Å². The van der Waals surface area contributed by atoms with Crippen LogP contribution in [0.15, 0.2) is 48.7 Å². The van der Waals surface area contributed by atoms with Crippen molar-refractivity contribution in [3.8, 4) is 5.75 Å². The number of pyridine rings is 1. The van der Waals surface area contributed by atoms with Gasteiger partial charge in [-0.05, 0) is 67.1 Å². The van der Waals surface area contributed by atoms with Crippen LogP contribution in [0.3, 0.4) is 0 Å². The number of fused-ring (bicyclic) bond motifs is 1. The zero-order valence-corrected chi connectivity index (χ0v) is 18.6. The number of amides is 2. The van der Waals surface area contributed by atoms with Crippen molar-refractivity contribution in [2.24, 2.45) is 5.92 Å². The van der Waals surface area contributed by atoms with Gasteiger partial charge in [-0.2, -0.15) is 0 Å². The Bertz CT molecular complexity index is 1080. The van der Waals surface area contributed by atoms with Gasteiger partial charge in [-0.15, -0.1) is 11.3 Å². The van der Waals surface area contributed by atoms with Crippen molar-refractivity contribution in [3.63, 3.8) is 0 Å². The molecule has 3 aromatic rings. The number of nitrogens with one attached hydrogen (secondary N) is 2. The van der Waals surface area contributed by atoms with Gasteiger partial charge in [-0.3, -0.25) is 9.59 Å². The molecule has 0 bridgehead atoms. The summed E-state index contributed by atoms with van der Waals surface area (Å²) in [5, 5.41) is 6.87. The van der Waals surface area contributed by atoms with E-state index in [-0.39, 0.29) is 18.4 Å². The lowest BCUT2D eigenvalue weighted by Crippen LogP contribution is -2.22. The Kier molecular flexibility index (Phi) is 6.53. The molecule has 6 nitrogen and oxygen atoms in total. The summed E-state index contributed by atoms with van der Waals surface area (Å²) >= 11 is 7.34. The van der Waals surface area contributed by atoms with Crippen LogP contribution in [0.2, 0.25) is 5.02 Å². The lowest BCUT2D eigenvalue weighted by atomic mass is 9.88. The molecular formula is C23H22ClN3O3S. The second kappa shape index (κ2) is 9.49. The second-order valence-corrected chi connectivity index (χ2v) is 9.06. The van der Waals surface area contributed by atoms with Gasteiger partial charge in [-0.1, -0.05) is 24.6 Å². The molecule has 1 aliphatic carbocycles. The number of thiophene rings is 1. The van der Waals surface area contributed by atoms with Crippen LogP contribution in [0.4, 0.5) is 10.8 Å². The Hall–Kier alpha value is -2.90. The number of carbonyl (C=O) groups is 2. The van der Waals surface area contributed by atoms with Crippen molar-refractivity contribution in [2.75, 3.05) is 17.2 Å². The summed E-state index contributed by atoms with van der Waals surface area (Å²) in [4.78, 5) is 31.0. The highest BCUT2D eigenvalue weighted by atomic mass is 35.5. The highest BCUT2D eigenvalue weighted by Gasteiger charge is 2.28. The molecule has 4 rings (SSSR count). The predicted octanol–water partition coefficient (Wildman–Crippen LogP) is 5.19. The van der Waals surface area contributed by atoms with Crippen molar-refractivity contribution in [2.45, 2.75) is 26.2 Å². The van der Waals surface area contributed by atoms with Gasteiger partial charge in [0.2, 0.25) is 0 Å². The minimum Gasteiger partial charge on any atom is -0.484 e. The number of anilines is 2. The van der Waals surface area contributed by atoms with Crippen LogP contribution in [-0.2, 0) is 17.6 Å². The number of benzene rings is 1. The highest BCUT2D eigenvalue weighted by Crippen LogP contribution is 2.40. The molecular weight excluding hydrogens is 434 g/mol. The van der Waals surface area contributed by atoms with Crippen LogP contribution < -0.4 is 15.4 Å². The van der Waals surface area contributed by atoms with Gasteiger partial charge in [0.25, 0.3) is 11.8 Å². The van der Waals surface area contributed by atoms with Gasteiger partial charge >= 0.3 is 0 Å². The fourth-order valence-corrected chi connectivity index (χ4v) is 5.09. The van der Waals surface area contributed by atoms with E-state index in [2.05, 4.69) is 22.5 Å². The molecule has 0 unspecified atom stereocenters. The maximum Gasteiger partial charge on any atom is 0.262 e. The van der Waals surface area contributed by atoms with Crippen molar-refractivity contribution < 1.29 is 14.3 Å². The van der Waals surface area contributed by atoms with Gasteiger partial charge < -0.3 is 15.4 Å². The van der Waals surface area contributed by atoms with E-state index in [1.807, 2.05) is 6.07 Å². The monoisotopic (exact) mass is 455 g/mol. The highest BCUT2D eigenvalue weighted by molar-refractivity contribution is 7.17. The van der Waals surface area contributed by atoms with Crippen LogP contribution in [0.5, 0.6) is 5.75 Å². The van der Waals surface area contributed by atoms with Crippen LogP contribution in [0, 0.1) is 5.92 Å². The fourth-order valence-electron chi connectivity index (χ4n) is 3.54. The summed E-state index contributed by atoms with van der Waals surface area (Å²) in [5.41, 5.74) is 1.54. The Balaban J connectivity index is 1.52. The first kappa shape index (κ1) is 21.3. The smallest absolute Gasteiger partial charge is 0.262 e. The molecule has 2 aromatic heterocycles. The van der Waals surface area contributed by atoms with Gasteiger partial charge in [0.1, 0.15) is 16.6 Å². The summed E-state index contributed by atoms with van der Waals surface area (Å²) in [6, 6.07) is 12.1. The molecule has 0 saturated carbocycles. The molecule has 0 spiro atoms. The SMILES string of the molecule is C[C@@H]1CCc2c(sc(NC(=O)COc3ccc(Cl)cc3)c2C(=O)Nc2ccccn2)C1. The van der Waals surface area contributed by atoms with E-state index in [0.717, 1.165) is 29.7 Å². The zero-order valence-electron chi connectivity index (χ0n) is 17.0. The third-order valence-corrected chi connectivity index (χ3v) is 6.50. The zero-order chi connectivity index (χ0) is 21.8. The molecule has 0 saturated heterocycles. The van der Waals surface area contributed by atoms with Crippen LogP contribution in [0.1, 0.15) is 34.1 Å². The number of rotatable bonds is 6. The van der Waals surface area contributed by atoms with E-state index in [1.165, 1.54) is 11.3 Å². The summed E-state index contributed by atoms with van der Waals surface area (Å²) in [7, 11) is 0. The lowest BCUT2D eigenvalue weighted by Gasteiger charge is -2.18. The van der Waals surface area contributed by atoms with Gasteiger partial charge in [-0.25, -0.2) is 4.98 Å². The molecule has 8 heteroatoms. The molecule has 0 aliphatic heterocycles. The Morgan fingerprint density at radius 3 is 2.74 bits per heavy atom. The normalized spacial score (nSPS) is 15.1. The van der Waals surface area contributed by atoms with E-state index < -0.39 is 0 Å². The molecule has 160 valence electrons. The lowest BCUT2D eigenvalue weighted by molar-refractivity contribution is -0.118. The summed E-state index contributed by atoms with van der Waals surface area (Å²) in [6.45, 7) is 2.04. The Labute approximate surface area is 189 Å². The third-order valence-electron chi connectivity index (χ3n) is 5.08. The number of ether oxygens (including phenoxy) is 1. The van der Waals surface area contributed by atoms with Crippen molar-refractivity contribution in [1.82, 2.24) is 4.98 Å². The van der Waals surface area contributed by atoms with Crippen molar-refractivity contribution >= 4 is 45.6 Å². The Morgan fingerprint density at radius 2 is 2.00 bits per heavy atom. The molecule has 1 atom stereocenters. The van der Waals surface area contributed by atoms with Crippen LogP contribution >= 0.6 is 22.9 Å². The number of carbonyl (C=O) groups excluding carboxylic acids is 2. The maximum absolute atomic E-state index is 13.1.